The Morgan fingerprint density at radius 3 is 2.36 bits per heavy atom. The molecule has 0 saturated carbocycles. The van der Waals surface area contributed by atoms with Gasteiger partial charge in [0.05, 0.1) is 0 Å². The number of hydrogen-bond acceptors (Lipinski definition) is 1. The second-order valence-electron chi connectivity index (χ2n) is 4.40. The van der Waals surface area contributed by atoms with Crippen molar-refractivity contribution in [1.82, 2.24) is 4.90 Å². The molecule has 0 N–H and O–H groups in total. The van der Waals surface area contributed by atoms with Gasteiger partial charge in [0.2, 0.25) is 0 Å². The Hall–Kier alpha value is 0.583. The van der Waals surface area contributed by atoms with Gasteiger partial charge in [-0.3, -0.25) is 0 Å². The molecule has 1 saturated heterocycles. The molecule has 61 valence electrons. The Kier molecular flexibility index (Phi) is 2.76. The van der Waals surface area contributed by atoms with Gasteiger partial charge in [-0.2, -0.15) is 0 Å². The minimum atomic E-state index is 0.432. The third kappa shape index (κ3) is 1.67. The van der Waals surface area contributed by atoms with E-state index in [1.807, 2.05) is 0 Å². The molecule has 2 heteroatoms. The van der Waals surface area contributed by atoms with Crippen LogP contribution in [0.15, 0.2) is 0 Å². The fourth-order valence-electron chi connectivity index (χ4n) is 1.81. The summed E-state index contributed by atoms with van der Waals surface area (Å²) in [5.74, 6) is 0.857. The average Bonchev–Trinajstić information content (AvgIpc) is 1.95. The van der Waals surface area contributed by atoms with E-state index in [9.17, 15) is 0 Å². The predicted octanol–water partition coefficient (Wildman–Crippen LogP) is 2.00. The van der Waals surface area contributed by atoms with Crippen molar-refractivity contribution in [2.24, 2.45) is 5.92 Å². The molecule has 2 unspecified atom stereocenters. The van der Waals surface area contributed by atoms with Crippen molar-refractivity contribution in [1.29, 1.82) is 0 Å². The van der Waals surface area contributed by atoms with Crippen LogP contribution in [0.1, 0.15) is 33.6 Å². The molecule has 0 spiro atoms. The predicted molar refractivity (Wildman–Crippen MR) is 44.0 cm³/mol. The van der Waals surface area contributed by atoms with Crippen molar-refractivity contribution >= 4 is 0 Å². The van der Waals surface area contributed by atoms with Crippen LogP contribution in [0, 0.1) is 5.92 Å². The minimum absolute atomic E-state index is 0.432. The van der Waals surface area contributed by atoms with Gasteiger partial charge in [0, 0.05) is 0 Å². The summed E-state index contributed by atoms with van der Waals surface area (Å²) < 4.78 is 0.890. The van der Waals surface area contributed by atoms with Crippen LogP contribution >= 0.6 is 0 Å². The van der Waals surface area contributed by atoms with E-state index in [4.69, 9.17) is 0 Å². The van der Waals surface area contributed by atoms with Crippen molar-refractivity contribution in [3.63, 3.8) is 0 Å². The van der Waals surface area contributed by atoms with E-state index in [1.165, 1.54) is 31.1 Å². The van der Waals surface area contributed by atoms with E-state index >= 15 is 0 Å². The van der Waals surface area contributed by atoms with Gasteiger partial charge in [-0.15, -0.1) is 0 Å². The molecule has 0 aromatic heterocycles. The van der Waals surface area contributed by atoms with E-state index in [0.29, 0.717) is 5.54 Å². The maximum absolute atomic E-state index is 2.57. The molecule has 2 atom stereocenters. The molecule has 1 aliphatic heterocycles. The summed E-state index contributed by atoms with van der Waals surface area (Å²) in [6.45, 7) is 7.13. The van der Waals surface area contributed by atoms with Crippen LogP contribution in [-0.2, 0) is 18.3 Å². The van der Waals surface area contributed by atoms with Gasteiger partial charge >= 0.3 is 80.0 Å². The van der Waals surface area contributed by atoms with E-state index in [-0.39, 0.29) is 0 Å². The van der Waals surface area contributed by atoms with Crippen molar-refractivity contribution in [2.45, 2.75) is 43.8 Å². The zero-order valence-electron chi connectivity index (χ0n) is 8.22. The molecular weight excluding hydrogens is 187 g/mol. The van der Waals surface area contributed by atoms with Crippen LogP contribution in [0.4, 0.5) is 0 Å². The first-order valence-electron chi connectivity index (χ1n) is 4.52. The van der Waals surface area contributed by atoms with E-state index in [1.54, 1.807) is 0 Å². The first-order chi connectivity index (χ1) is 4.96. The third-order valence-corrected chi connectivity index (χ3v) is 5.60. The Morgan fingerprint density at radius 2 is 1.91 bits per heavy atom. The van der Waals surface area contributed by atoms with Crippen LogP contribution in [0.2, 0.25) is 0 Å². The summed E-state index contributed by atoms with van der Waals surface area (Å²) in [5.41, 5.74) is 0.432. The van der Waals surface area contributed by atoms with Gasteiger partial charge < -0.3 is 0 Å². The van der Waals surface area contributed by atoms with Crippen LogP contribution in [0.5, 0.6) is 0 Å². The number of piperidine rings is 1. The maximum atomic E-state index is 2.57. The Morgan fingerprint density at radius 1 is 1.36 bits per heavy atom. The first-order valence-corrected chi connectivity index (χ1v) is 6.23. The van der Waals surface area contributed by atoms with Gasteiger partial charge in [-0.1, -0.05) is 0 Å². The second kappa shape index (κ2) is 3.14. The summed E-state index contributed by atoms with van der Waals surface area (Å²) in [5, 5.41) is 0. The topological polar surface area (TPSA) is 3.24 Å². The standard InChI is InChI=1S/C9H18N.Zn/c1-8-6-5-7-10(4)9(8,2)3;/h7-8H,5-6H2,1-4H3;. The SMILES string of the molecule is CC1CC[CH]([Zn])N(C)C1(C)C. The molecule has 1 heterocycles. The molecule has 0 aromatic carbocycles. The summed E-state index contributed by atoms with van der Waals surface area (Å²) in [7, 11) is 2.28. The van der Waals surface area contributed by atoms with E-state index < -0.39 is 0 Å². The van der Waals surface area contributed by atoms with Crippen molar-refractivity contribution in [3.05, 3.63) is 0 Å². The second-order valence-corrected chi connectivity index (χ2v) is 6.37. The Labute approximate surface area is 80.2 Å². The molecule has 1 aliphatic rings. The Bertz CT molecular complexity index is 144. The molecule has 11 heavy (non-hydrogen) atoms. The molecular formula is C9H18NZn. The van der Waals surface area contributed by atoms with Gasteiger partial charge in [-0.05, 0) is 0 Å². The summed E-state index contributed by atoms with van der Waals surface area (Å²) in [6.07, 6.45) is 2.84. The third-order valence-electron chi connectivity index (χ3n) is 3.60. The molecule has 0 aromatic rings. The number of rotatable bonds is 0. The number of nitrogens with zero attached hydrogens (tertiary/aromatic N) is 1. The molecule has 0 bridgehead atoms. The monoisotopic (exact) mass is 204 g/mol. The normalized spacial score (nSPS) is 39.1. The summed E-state index contributed by atoms with van der Waals surface area (Å²) in [6, 6.07) is 0. The molecule has 1 nitrogen and oxygen atoms in total. The quantitative estimate of drug-likeness (QED) is 0.547. The van der Waals surface area contributed by atoms with Crippen molar-refractivity contribution in [3.8, 4) is 0 Å². The zero-order chi connectivity index (χ0) is 8.65. The van der Waals surface area contributed by atoms with Gasteiger partial charge in [0.15, 0.2) is 0 Å². The number of likely N-dealkylation sites (tertiary alicyclic amines) is 1. The van der Waals surface area contributed by atoms with Gasteiger partial charge in [0.1, 0.15) is 0 Å². The molecule has 1 fully saturated rings. The molecule has 0 aliphatic carbocycles. The van der Waals surface area contributed by atoms with Gasteiger partial charge in [-0.25, -0.2) is 0 Å². The van der Waals surface area contributed by atoms with Crippen LogP contribution in [0.25, 0.3) is 0 Å². The zero-order valence-corrected chi connectivity index (χ0v) is 11.2. The fraction of sp³-hybridized carbons (Fsp3) is 1.00. The molecule has 0 radical (unpaired) electrons. The average molecular weight is 206 g/mol. The summed E-state index contributed by atoms with van der Waals surface area (Å²) >= 11 is 1.42. The van der Waals surface area contributed by atoms with Gasteiger partial charge in [0.25, 0.3) is 0 Å². The van der Waals surface area contributed by atoms with Crippen molar-refractivity contribution in [2.75, 3.05) is 7.05 Å². The fourth-order valence-corrected chi connectivity index (χ4v) is 3.29. The van der Waals surface area contributed by atoms with E-state index in [0.717, 1.165) is 10.6 Å². The Balaban J connectivity index is 2.72. The molecule has 0 amide bonds. The van der Waals surface area contributed by atoms with Crippen LogP contribution in [0.3, 0.4) is 0 Å². The molecule has 1 rings (SSSR count). The van der Waals surface area contributed by atoms with E-state index in [2.05, 4.69) is 32.7 Å². The van der Waals surface area contributed by atoms with Crippen LogP contribution in [-0.4, -0.2) is 22.1 Å². The summed E-state index contributed by atoms with van der Waals surface area (Å²) in [4.78, 5) is 2.57. The van der Waals surface area contributed by atoms with Crippen LogP contribution < -0.4 is 0 Å². The van der Waals surface area contributed by atoms with Crippen molar-refractivity contribution < 1.29 is 18.3 Å². The number of hydrogen-bond donors (Lipinski definition) is 0. The first kappa shape index (κ1) is 9.67.